The molecular formula is C14H16N2S. The van der Waals surface area contributed by atoms with Gasteiger partial charge in [-0.2, -0.15) is 5.26 Å². The SMILES string of the molecule is Cc1cc(C)c(NC2=C(C#N)CSC2)c(C)c1. The molecular weight excluding hydrogens is 228 g/mol. The van der Waals surface area contributed by atoms with Crippen LogP contribution in [0.1, 0.15) is 16.7 Å². The van der Waals surface area contributed by atoms with Gasteiger partial charge in [-0.25, -0.2) is 0 Å². The summed E-state index contributed by atoms with van der Waals surface area (Å²) in [5, 5.41) is 12.5. The number of benzene rings is 1. The summed E-state index contributed by atoms with van der Waals surface area (Å²) in [6, 6.07) is 6.62. The van der Waals surface area contributed by atoms with Crippen molar-refractivity contribution >= 4 is 17.4 Å². The summed E-state index contributed by atoms with van der Waals surface area (Å²) in [6.07, 6.45) is 0. The Hall–Kier alpha value is -1.40. The fourth-order valence-electron chi connectivity index (χ4n) is 2.17. The van der Waals surface area contributed by atoms with Crippen LogP contribution in [0.15, 0.2) is 23.4 Å². The van der Waals surface area contributed by atoms with Crippen molar-refractivity contribution in [1.82, 2.24) is 0 Å². The number of thioether (sulfide) groups is 1. The molecule has 3 heteroatoms. The molecule has 1 aromatic rings. The molecule has 0 saturated heterocycles. The predicted octanol–water partition coefficient (Wildman–Crippen LogP) is 3.55. The molecule has 0 atom stereocenters. The van der Waals surface area contributed by atoms with E-state index in [1.54, 1.807) is 11.8 Å². The highest BCUT2D eigenvalue weighted by Gasteiger charge is 2.16. The Labute approximate surface area is 107 Å². The van der Waals surface area contributed by atoms with Crippen LogP contribution in [0.3, 0.4) is 0 Å². The van der Waals surface area contributed by atoms with Crippen molar-refractivity contribution in [1.29, 1.82) is 5.26 Å². The van der Waals surface area contributed by atoms with E-state index in [0.29, 0.717) is 0 Å². The van der Waals surface area contributed by atoms with E-state index in [2.05, 4.69) is 44.3 Å². The molecule has 1 aliphatic rings. The average molecular weight is 244 g/mol. The molecule has 88 valence electrons. The van der Waals surface area contributed by atoms with Crippen molar-refractivity contribution < 1.29 is 0 Å². The van der Waals surface area contributed by atoms with Crippen LogP contribution in [0.2, 0.25) is 0 Å². The second-order valence-electron chi connectivity index (χ2n) is 4.46. The lowest BCUT2D eigenvalue weighted by Gasteiger charge is -2.14. The average Bonchev–Trinajstić information content (AvgIpc) is 2.70. The van der Waals surface area contributed by atoms with Gasteiger partial charge in [-0.15, -0.1) is 11.8 Å². The van der Waals surface area contributed by atoms with Crippen molar-refractivity contribution in [2.75, 3.05) is 16.8 Å². The minimum atomic E-state index is 0.836. The number of anilines is 1. The van der Waals surface area contributed by atoms with Crippen LogP contribution in [0.25, 0.3) is 0 Å². The Balaban J connectivity index is 2.35. The maximum atomic E-state index is 9.04. The van der Waals surface area contributed by atoms with Gasteiger partial charge in [-0.05, 0) is 31.9 Å². The van der Waals surface area contributed by atoms with Crippen LogP contribution in [0.5, 0.6) is 0 Å². The van der Waals surface area contributed by atoms with Crippen molar-refractivity contribution in [2.45, 2.75) is 20.8 Å². The molecule has 2 nitrogen and oxygen atoms in total. The molecule has 0 bridgehead atoms. The number of aryl methyl sites for hydroxylation is 3. The number of rotatable bonds is 2. The van der Waals surface area contributed by atoms with Crippen molar-refractivity contribution in [3.8, 4) is 6.07 Å². The molecule has 1 N–H and O–H groups in total. The molecule has 1 aliphatic heterocycles. The Bertz CT molecular complexity index is 501. The lowest BCUT2D eigenvalue weighted by molar-refractivity contribution is 1.26. The van der Waals surface area contributed by atoms with E-state index in [-0.39, 0.29) is 0 Å². The summed E-state index contributed by atoms with van der Waals surface area (Å²) in [6.45, 7) is 6.32. The monoisotopic (exact) mass is 244 g/mol. The van der Waals surface area contributed by atoms with E-state index < -0.39 is 0 Å². The third-order valence-corrected chi connectivity index (χ3v) is 3.93. The number of hydrogen-bond donors (Lipinski definition) is 1. The van der Waals surface area contributed by atoms with Gasteiger partial charge in [-0.1, -0.05) is 17.7 Å². The van der Waals surface area contributed by atoms with Crippen LogP contribution >= 0.6 is 11.8 Å². The highest BCUT2D eigenvalue weighted by atomic mass is 32.2. The first-order valence-electron chi connectivity index (χ1n) is 5.66. The topological polar surface area (TPSA) is 35.8 Å². The number of nitrogens with one attached hydrogen (secondary N) is 1. The molecule has 0 amide bonds. The van der Waals surface area contributed by atoms with Crippen LogP contribution in [0, 0.1) is 32.1 Å². The van der Waals surface area contributed by atoms with Crippen LogP contribution in [0.4, 0.5) is 5.69 Å². The normalized spacial score (nSPS) is 14.9. The second-order valence-corrected chi connectivity index (χ2v) is 5.45. The third-order valence-electron chi connectivity index (χ3n) is 2.94. The molecule has 0 radical (unpaired) electrons. The first-order chi connectivity index (χ1) is 8.11. The summed E-state index contributed by atoms with van der Waals surface area (Å²) >= 11 is 1.79. The first-order valence-corrected chi connectivity index (χ1v) is 6.82. The smallest absolute Gasteiger partial charge is 0.0974 e. The largest absolute Gasteiger partial charge is 0.357 e. The van der Waals surface area contributed by atoms with Crippen molar-refractivity contribution in [2.24, 2.45) is 0 Å². The highest BCUT2D eigenvalue weighted by molar-refractivity contribution is 7.99. The molecule has 17 heavy (non-hydrogen) atoms. The van der Waals surface area contributed by atoms with E-state index in [0.717, 1.165) is 28.5 Å². The van der Waals surface area contributed by atoms with Gasteiger partial charge in [0.1, 0.15) is 0 Å². The van der Waals surface area contributed by atoms with E-state index in [4.69, 9.17) is 5.26 Å². The standard InChI is InChI=1S/C14H16N2S/c1-9-4-10(2)14(11(3)5-9)16-13-8-17-7-12(13)6-15/h4-5,16H,7-8H2,1-3H3. The fourth-order valence-corrected chi connectivity index (χ4v) is 3.16. The third kappa shape index (κ3) is 2.48. The van der Waals surface area contributed by atoms with Crippen molar-refractivity contribution in [3.63, 3.8) is 0 Å². The summed E-state index contributed by atoms with van der Waals surface area (Å²) in [5.41, 5.74) is 6.87. The van der Waals surface area contributed by atoms with E-state index in [9.17, 15) is 0 Å². The maximum absolute atomic E-state index is 9.04. The van der Waals surface area contributed by atoms with Crippen LogP contribution < -0.4 is 5.32 Å². The Kier molecular flexibility index (Phi) is 3.44. The minimum Gasteiger partial charge on any atom is -0.357 e. The predicted molar refractivity (Wildman–Crippen MR) is 74.2 cm³/mol. The van der Waals surface area contributed by atoms with Crippen LogP contribution in [-0.2, 0) is 0 Å². The summed E-state index contributed by atoms with van der Waals surface area (Å²) in [5.74, 6) is 1.75. The second kappa shape index (κ2) is 4.85. The Morgan fingerprint density at radius 1 is 1.18 bits per heavy atom. The van der Waals surface area contributed by atoms with E-state index in [1.807, 2.05) is 0 Å². The number of nitriles is 1. The molecule has 0 saturated carbocycles. The summed E-state index contributed by atoms with van der Waals surface area (Å²) in [7, 11) is 0. The molecule has 0 spiro atoms. The lowest BCUT2D eigenvalue weighted by Crippen LogP contribution is -2.05. The van der Waals surface area contributed by atoms with Gasteiger partial charge in [0, 0.05) is 22.9 Å². The van der Waals surface area contributed by atoms with Gasteiger partial charge in [0.25, 0.3) is 0 Å². The van der Waals surface area contributed by atoms with Crippen molar-refractivity contribution in [3.05, 3.63) is 40.1 Å². The van der Waals surface area contributed by atoms with Gasteiger partial charge in [-0.3, -0.25) is 0 Å². The zero-order valence-corrected chi connectivity index (χ0v) is 11.2. The zero-order valence-electron chi connectivity index (χ0n) is 10.4. The summed E-state index contributed by atoms with van der Waals surface area (Å²) in [4.78, 5) is 0. The van der Waals surface area contributed by atoms with E-state index >= 15 is 0 Å². The fraction of sp³-hybridized carbons (Fsp3) is 0.357. The lowest BCUT2D eigenvalue weighted by atomic mass is 10.0. The molecule has 0 aliphatic carbocycles. The summed E-state index contributed by atoms with van der Waals surface area (Å²) < 4.78 is 0. The zero-order chi connectivity index (χ0) is 12.4. The highest BCUT2D eigenvalue weighted by Crippen LogP contribution is 2.29. The van der Waals surface area contributed by atoms with Gasteiger partial charge >= 0.3 is 0 Å². The van der Waals surface area contributed by atoms with Gasteiger partial charge < -0.3 is 5.32 Å². The molecule has 1 aromatic carbocycles. The Morgan fingerprint density at radius 2 is 1.82 bits per heavy atom. The first kappa shape index (κ1) is 12.1. The van der Waals surface area contributed by atoms with Gasteiger partial charge in [0.05, 0.1) is 11.6 Å². The molecule has 2 rings (SSSR count). The maximum Gasteiger partial charge on any atom is 0.0974 e. The molecule has 0 unspecified atom stereocenters. The van der Waals surface area contributed by atoms with Gasteiger partial charge in [0.15, 0.2) is 0 Å². The van der Waals surface area contributed by atoms with Gasteiger partial charge in [0.2, 0.25) is 0 Å². The Morgan fingerprint density at radius 3 is 2.41 bits per heavy atom. The van der Waals surface area contributed by atoms with E-state index in [1.165, 1.54) is 16.7 Å². The molecule has 0 fully saturated rings. The number of hydrogen-bond acceptors (Lipinski definition) is 3. The minimum absolute atomic E-state index is 0.836. The molecule has 0 aromatic heterocycles. The number of nitrogens with zero attached hydrogens (tertiary/aromatic N) is 1. The quantitative estimate of drug-likeness (QED) is 0.864. The molecule has 1 heterocycles. The van der Waals surface area contributed by atoms with Crippen LogP contribution in [-0.4, -0.2) is 11.5 Å².